The van der Waals surface area contributed by atoms with Gasteiger partial charge in [-0.2, -0.15) is 0 Å². The molecule has 0 saturated carbocycles. The molecule has 0 aromatic heterocycles. The lowest BCUT2D eigenvalue weighted by molar-refractivity contribution is -0.115. The van der Waals surface area contributed by atoms with Gasteiger partial charge in [0.1, 0.15) is 5.82 Å². The fourth-order valence-corrected chi connectivity index (χ4v) is 1.84. The van der Waals surface area contributed by atoms with E-state index in [-0.39, 0.29) is 12.1 Å². The summed E-state index contributed by atoms with van der Waals surface area (Å²) in [7, 11) is 0. The lowest BCUT2D eigenvalue weighted by Gasteiger charge is -2.08. The van der Waals surface area contributed by atoms with Crippen molar-refractivity contribution in [2.24, 2.45) is 0 Å². The smallest absolute Gasteiger partial charge is 0.254 e. The first-order chi connectivity index (χ1) is 10.1. The van der Waals surface area contributed by atoms with E-state index < -0.39 is 17.6 Å². The van der Waals surface area contributed by atoms with Gasteiger partial charge in [-0.15, -0.1) is 0 Å². The number of halogens is 2. The normalized spacial score (nSPS) is 10.0. The Morgan fingerprint density at radius 2 is 1.71 bits per heavy atom. The summed E-state index contributed by atoms with van der Waals surface area (Å²) in [6.45, 7) is -0.279. The van der Waals surface area contributed by atoms with Crippen LogP contribution in [0.5, 0.6) is 0 Å². The maximum Gasteiger partial charge on any atom is 0.254 e. The molecule has 0 aliphatic rings. The van der Waals surface area contributed by atoms with Gasteiger partial charge in [-0.1, -0.05) is 35.9 Å². The molecule has 2 N–H and O–H groups in total. The van der Waals surface area contributed by atoms with E-state index in [1.807, 2.05) is 0 Å². The molecule has 0 atom stereocenters. The molecule has 0 saturated heterocycles. The first-order valence-corrected chi connectivity index (χ1v) is 6.53. The summed E-state index contributed by atoms with van der Waals surface area (Å²) in [6.07, 6.45) is 0. The van der Waals surface area contributed by atoms with Crippen LogP contribution in [-0.2, 0) is 4.79 Å². The number of hydrogen-bond donors (Lipinski definition) is 2. The van der Waals surface area contributed by atoms with Gasteiger partial charge in [-0.25, -0.2) is 4.39 Å². The highest BCUT2D eigenvalue weighted by atomic mass is 35.5. The summed E-state index contributed by atoms with van der Waals surface area (Å²) in [5, 5.41) is 5.29. The van der Waals surface area contributed by atoms with Crippen molar-refractivity contribution in [1.29, 1.82) is 0 Å². The zero-order valence-corrected chi connectivity index (χ0v) is 11.7. The average molecular weight is 307 g/mol. The molecule has 6 heteroatoms. The number of carbonyl (C=O) groups is 2. The number of carbonyl (C=O) groups excluding carboxylic acids is 2. The highest BCUT2D eigenvalue weighted by Gasteiger charge is 2.12. The molecule has 2 amide bonds. The van der Waals surface area contributed by atoms with Crippen molar-refractivity contribution in [2.75, 3.05) is 11.9 Å². The lowest BCUT2D eigenvalue weighted by Crippen LogP contribution is -2.33. The lowest BCUT2D eigenvalue weighted by atomic mass is 10.2. The van der Waals surface area contributed by atoms with Gasteiger partial charge in [0.05, 0.1) is 22.8 Å². The van der Waals surface area contributed by atoms with E-state index in [9.17, 15) is 14.0 Å². The van der Waals surface area contributed by atoms with Crippen LogP contribution in [0.25, 0.3) is 0 Å². The number of amides is 2. The number of para-hydroxylation sites is 1. The molecule has 0 radical (unpaired) electrons. The minimum atomic E-state index is -0.651. The van der Waals surface area contributed by atoms with E-state index in [0.29, 0.717) is 10.7 Å². The van der Waals surface area contributed by atoms with Crippen LogP contribution in [0.3, 0.4) is 0 Å². The first kappa shape index (κ1) is 15.0. The van der Waals surface area contributed by atoms with Crippen molar-refractivity contribution >= 4 is 29.1 Å². The maximum atomic E-state index is 13.4. The Balaban J connectivity index is 1.91. The second-order valence-corrected chi connectivity index (χ2v) is 4.60. The fraction of sp³-hybridized carbons (Fsp3) is 0.0667. The second kappa shape index (κ2) is 6.85. The predicted octanol–water partition coefficient (Wildman–Crippen LogP) is 2.85. The Labute approximate surface area is 125 Å². The molecule has 0 bridgehead atoms. The largest absolute Gasteiger partial charge is 0.343 e. The van der Waals surface area contributed by atoms with Crippen LogP contribution < -0.4 is 10.6 Å². The maximum absolute atomic E-state index is 13.4. The zero-order valence-electron chi connectivity index (χ0n) is 10.9. The van der Waals surface area contributed by atoms with E-state index in [2.05, 4.69) is 10.6 Å². The molecule has 0 aliphatic carbocycles. The van der Waals surface area contributed by atoms with Gasteiger partial charge in [-0.3, -0.25) is 9.59 Å². The molecule has 4 nitrogen and oxygen atoms in total. The number of benzene rings is 2. The quantitative estimate of drug-likeness (QED) is 0.912. The van der Waals surface area contributed by atoms with E-state index in [1.165, 1.54) is 18.2 Å². The highest BCUT2D eigenvalue weighted by Crippen LogP contribution is 2.20. The van der Waals surface area contributed by atoms with Crippen LogP contribution >= 0.6 is 11.6 Å². The minimum Gasteiger partial charge on any atom is -0.343 e. The van der Waals surface area contributed by atoms with Crippen LogP contribution in [0.4, 0.5) is 10.1 Å². The molecule has 2 aromatic carbocycles. The molecule has 0 unspecified atom stereocenters. The first-order valence-electron chi connectivity index (χ1n) is 6.15. The van der Waals surface area contributed by atoms with Crippen LogP contribution in [0.2, 0.25) is 5.02 Å². The monoisotopic (exact) mass is 306 g/mol. The van der Waals surface area contributed by atoms with E-state index >= 15 is 0 Å². The molecule has 0 spiro atoms. The summed E-state index contributed by atoms with van der Waals surface area (Å²) >= 11 is 5.90. The third-order valence-corrected chi connectivity index (χ3v) is 3.01. The Morgan fingerprint density at radius 3 is 2.43 bits per heavy atom. The third kappa shape index (κ3) is 4.03. The van der Waals surface area contributed by atoms with Crippen LogP contribution in [0, 0.1) is 5.82 Å². The average Bonchev–Trinajstić information content (AvgIpc) is 2.48. The molecular weight excluding hydrogens is 295 g/mol. The molecule has 108 valence electrons. The van der Waals surface area contributed by atoms with Crippen molar-refractivity contribution in [3.8, 4) is 0 Å². The SMILES string of the molecule is O=C(CNC(=O)c1ccccc1F)Nc1ccccc1Cl. The highest BCUT2D eigenvalue weighted by molar-refractivity contribution is 6.33. The molecular formula is C15H12ClFN2O2. The third-order valence-electron chi connectivity index (χ3n) is 2.68. The summed E-state index contributed by atoms with van der Waals surface area (Å²) in [5.41, 5.74) is 0.340. The van der Waals surface area contributed by atoms with Crippen molar-refractivity contribution < 1.29 is 14.0 Å². The number of rotatable bonds is 4. The number of nitrogens with one attached hydrogen (secondary N) is 2. The second-order valence-electron chi connectivity index (χ2n) is 4.19. The predicted molar refractivity (Wildman–Crippen MR) is 78.8 cm³/mol. The Morgan fingerprint density at radius 1 is 1.05 bits per heavy atom. The van der Waals surface area contributed by atoms with Gasteiger partial charge in [0.15, 0.2) is 0 Å². The van der Waals surface area contributed by atoms with E-state index in [4.69, 9.17) is 11.6 Å². The van der Waals surface area contributed by atoms with Gasteiger partial charge in [-0.05, 0) is 24.3 Å². The van der Waals surface area contributed by atoms with E-state index in [1.54, 1.807) is 30.3 Å². The molecule has 2 rings (SSSR count). The Bertz CT molecular complexity index is 676. The minimum absolute atomic E-state index is 0.108. The van der Waals surface area contributed by atoms with E-state index in [0.717, 1.165) is 0 Å². The van der Waals surface area contributed by atoms with Gasteiger partial charge in [0.2, 0.25) is 5.91 Å². The topological polar surface area (TPSA) is 58.2 Å². The van der Waals surface area contributed by atoms with Crippen LogP contribution in [-0.4, -0.2) is 18.4 Å². The molecule has 2 aromatic rings. The standard InChI is InChI=1S/C15H12ClFN2O2/c16-11-6-2-4-8-13(11)19-14(20)9-18-15(21)10-5-1-3-7-12(10)17/h1-8H,9H2,(H,18,21)(H,19,20). The summed E-state index contributed by atoms with van der Waals surface area (Å²) in [6, 6.07) is 12.3. The molecule has 0 aliphatic heterocycles. The van der Waals surface area contributed by atoms with Crippen molar-refractivity contribution in [3.05, 3.63) is 64.9 Å². The zero-order chi connectivity index (χ0) is 15.2. The fourth-order valence-electron chi connectivity index (χ4n) is 1.66. The molecule has 21 heavy (non-hydrogen) atoms. The number of hydrogen-bond acceptors (Lipinski definition) is 2. The van der Waals surface area contributed by atoms with Gasteiger partial charge in [0, 0.05) is 0 Å². The van der Waals surface area contributed by atoms with Crippen molar-refractivity contribution in [3.63, 3.8) is 0 Å². The summed E-state index contributed by atoms with van der Waals surface area (Å²) < 4.78 is 13.4. The summed E-state index contributed by atoms with van der Waals surface area (Å²) in [4.78, 5) is 23.4. The van der Waals surface area contributed by atoms with Crippen molar-refractivity contribution in [1.82, 2.24) is 5.32 Å². The van der Waals surface area contributed by atoms with Gasteiger partial charge in [0.25, 0.3) is 5.91 Å². The molecule has 0 heterocycles. The molecule has 0 fully saturated rings. The van der Waals surface area contributed by atoms with Crippen LogP contribution in [0.1, 0.15) is 10.4 Å². The number of anilines is 1. The van der Waals surface area contributed by atoms with Crippen LogP contribution in [0.15, 0.2) is 48.5 Å². The van der Waals surface area contributed by atoms with Gasteiger partial charge >= 0.3 is 0 Å². The Hall–Kier alpha value is -2.40. The van der Waals surface area contributed by atoms with Gasteiger partial charge < -0.3 is 10.6 Å². The summed E-state index contributed by atoms with van der Waals surface area (Å²) in [5.74, 6) is -1.74. The Kier molecular flexibility index (Phi) is 4.90. The van der Waals surface area contributed by atoms with Crippen molar-refractivity contribution in [2.45, 2.75) is 0 Å².